The summed E-state index contributed by atoms with van der Waals surface area (Å²) < 4.78 is 59.1. The number of rotatable bonds is 5. The van der Waals surface area contributed by atoms with Crippen LogP contribution in [0.4, 0.5) is 28.2 Å². The number of aromatic nitrogens is 4. The van der Waals surface area contributed by atoms with E-state index in [-0.39, 0.29) is 18.2 Å². The molecule has 1 atom stereocenters. The lowest BCUT2D eigenvalue weighted by Crippen LogP contribution is -2.44. The molecule has 13 heteroatoms. The summed E-state index contributed by atoms with van der Waals surface area (Å²) in [6.45, 7) is -1.32. The standard InChI is InChI=1S/C19H18F4N6O3/c20-14-16(25-11-4-3-6-28(9-11)18(30)31)26-15(27-17(14)32-10-19(21,22)23)12-8-24-29-7-2-1-5-13(12)29/h1-2,5,7-8,11H,3-4,6,9-10H2,(H,30,31)(H,25,26,27)/t11-/m1/s1. The fourth-order valence-electron chi connectivity index (χ4n) is 3.46. The predicted octanol–water partition coefficient (Wildman–Crippen LogP) is 3.43. The molecule has 32 heavy (non-hydrogen) atoms. The molecule has 0 unspecified atom stereocenters. The monoisotopic (exact) mass is 454 g/mol. The van der Waals surface area contributed by atoms with E-state index in [9.17, 15) is 27.5 Å². The lowest BCUT2D eigenvalue weighted by Gasteiger charge is -2.31. The maximum Gasteiger partial charge on any atom is 0.422 e. The number of carbonyl (C=O) groups is 1. The molecule has 1 fully saturated rings. The molecule has 2 N–H and O–H groups in total. The summed E-state index contributed by atoms with van der Waals surface area (Å²) in [5, 5.41) is 16.1. The van der Waals surface area contributed by atoms with Crippen molar-refractivity contribution in [1.29, 1.82) is 0 Å². The number of carboxylic acid groups (broad SMARTS) is 1. The molecule has 3 aromatic rings. The Balaban J connectivity index is 1.71. The van der Waals surface area contributed by atoms with E-state index in [1.165, 1.54) is 15.6 Å². The number of anilines is 1. The lowest BCUT2D eigenvalue weighted by molar-refractivity contribution is -0.154. The van der Waals surface area contributed by atoms with E-state index in [0.29, 0.717) is 30.5 Å². The zero-order chi connectivity index (χ0) is 22.9. The van der Waals surface area contributed by atoms with Crippen molar-refractivity contribution in [3.05, 3.63) is 36.4 Å². The highest BCUT2D eigenvalue weighted by molar-refractivity contribution is 5.76. The van der Waals surface area contributed by atoms with Crippen LogP contribution in [0.3, 0.4) is 0 Å². The minimum Gasteiger partial charge on any atom is -0.466 e. The average molecular weight is 454 g/mol. The van der Waals surface area contributed by atoms with Crippen molar-refractivity contribution < 1.29 is 32.2 Å². The van der Waals surface area contributed by atoms with Gasteiger partial charge in [-0.05, 0) is 25.0 Å². The highest BCUT2D eigenvalue weighted by Gasteiger charge is 2.31. The van der Waals surface area contributed by atoms with Crippen LogP contribution in [0, 0.1) is 5.82 Å². The van der Waals surface area contributed by atoms with Crippen LogP contribution >= 0.6 is 0 Å². The third-order valence-corrected chi connectivity index (χ3v) is 4.89. The van der Waals surface area contributed by atoms with Gasteiger partial charge in [-0.25, -0.2) is 14.3 Å². The van der Waals surface area contributed by atoms with Crippen molar-refractivity contribution >= 4 is 17.4 Å². The Bertz CT molecular complexity index is 1140. The molecule has 0 saturated carbocycles. The van der Waals surface area contributed by atoms with Gasteiger partial charge in [0.2, 0.25) is 5.82 Å². The summed E-state index contributed by atoms with van der Waals surface area (Å²) in [6, 6.07) is 4.67. The smallest absolute Gasteiger partial charge is 0.422 e. The molecular formula is C19H18F4N6O3. The van der Waals surface area contributed by atoms with Crippen LogP contribution in [-0.4, -0.2) is 67.6 Å². The molecule has 1 saturated heterocycles. The first-order chi connectivity index (χ1) is 15.2. The molecule has 0 aromatic carbocycles. The summed E-state index contributed by atoms with van der Waals surface area (Å²) in [7, 11) is 0. The molecule has 4 rings (SSSR count). The van der Waals surface area contributed by atoms with Crippen LogP contribution in [0.1, 0.15) is 12.8 Å². The van der Waals surface area contributed by atoms with Gasteiger partial charge in [0.25, 0.3) is 5.88 Å². The number of nitrogens with zero attached hydrogens (tertiary/aromatic N) is 5. The van der Waals surface area contributed by atoms with E-state index >= 15 is 0 Å². The average Bonchev–Trinajstić information content (AvgIpc) is 3.18. The first kappa shape index (κ1) is 21.6. The second-order valence-electron chi connectivity index (χ2n) is 7.22. The number of hydrogen-bond acceptors (Lipinski definition) is 6. The lowest BCUT2D eigenvalue weighted by atomic mass is 10.1. The summed E-state index contributed by atoms with van der Waals surface area (Å²) >= 11 is 0. The molecule has 0 radical (unpaired) electrons. The minimum atomic E-state index is -4.69. The largest absolute Gasteiger partial charge is 0.466 e. The van der Waals surface area contributed by atoms with Gasteiger partial charge in [0.1, 0.15) is 0 Å². The molecule has 0 spiro atoms. The number of pyridine rings is 1. The number of halogens is 4. The number of hydrogen-bond donors (Lipinski definition) is 2. The molecule has 9 nitrogen and oxygen atoms in total. The quantitative estimate of drug-likeness (QED) is 0.569. The highest BCUT2D eigenvalue weighted by atomic mass is 19.4. The Morgan fingerprint density at radius 1 is 1.31 bits per heavy atom. The number of likely N-dealkylation sites (tertiary alicyclic amines) is 1. The summed E-state index contributed by atoms with van der Waals surface area (Å²) in [5.41, 5.74) is 0.919. The van der Waals surface area contributed by atoms with Crippen LogP contribution < -0.4 is 10.1 Å². The van der Waals surface area contributed by atoms with Crippen LogP contribution in [0.2, 0.25) is 0 Å². The van der Waals surface area contributed by atoms with Gasteiger partial charge in [0, 0.05) is 25.3 Å². The predicted molar refractivity (Wildman–Crippen MR) is 104 cm³/mol. The van der Waals surface area contributed by atoms with Crippen molar-refractivity contribution in [3.8, 4) is 17.3 Å². The summed E-state index contributed by atoms with van der Waals surface area (Å²) in [6.07, 6.45) is -1.67. The maximum absolute atomic E-state index is 15.0. The van der Waals surface area contributed by atoms with E-state index < -0.39 is 36.6 Å². The molecule has 3 aromatic heterocycles. The third kappa shape index (κ3) is 4.65. The number of ether oxygens (including phenoxy) is 1. The first-order valence-corrected chi connectivity index (χ1v) is 9.65. The number of fused-ring (bicyclic) bond motifs is 1. The van der Waals surface area contributed by atoms with Gasteiger partial charge in [-0.1, -0.05) is 6.07 Å². The van der Waals surface area contributed by atoms with Gasteiger partial charge in [-0.3, -0.25) is 0 Å². The van der Waals surface area contributed by atoms with E-state index in [1.54, 1.807) is 24.4 Å². The van der Waals surface area contributed by atoms with E-state index in [1.807, 2.05) is 0 Å². The van der Waals surface area contributed by atoms with Crippen molar-refractivity contribution in [2.45, 2.75) is 25.1 Å². The molecule has 0 bridgehead atoms. The Morgan fingerprint density at radius 2 is 2.12 bits per heavy atom. The van der Waals surface area contributed by atoms with Gasteiger partial charge in [-0.15, -0.1) is 0 Å². The molecule has 1 aliphatic heterocycles. The fourth-order valence-corrected chi connectivity index (χ4v) is 3.46. The maximum atomic E-state index is 15.0. The van der Waals surface area contributed by atoms with E-state index in [0.717, 1.165) is 0 Å². The zero-order valence-electron chi connectivity index (χ0n) is 16.5. The first-order valence-electron chi connectivity index (χ1n) is 9.65. The van der Waals surface area contributed by atoms with Crippen molar-refractivity contribution in [1.82, 2.24) is 24.5 Å². The third-order valence-electron chi connectivity index (χ3n) is 4.89. The van der Waals surface area contributed by atoms with E-state index in [4.69, 9.17) is 0 Å². The minimum absolute atomic E-state index is 0.0730. The normalized spacial score (nSPS) is 16.9. The second-order valence-corrected chi connectivity index (χ2v) is 7.22. The Kier molecular flexibility index (Phi) is 5.72. The van der Waals surface area contributed by atoms with Crippen molar-refractivity contribution in [2.24, 2.45) is 0 Å². The molecule has 0 aliphatic carbocycles. The summed E-state index contributed by atoms with van der Waals surface area (Å²) in [4.78, 5) is 20.4. The van der Waals surface area contributed by atoms with Crippen LogP contribution in [0.25, 0.3) is 16.9 Å². The van der Waals surface area contributed by atoms with E-state index in [2.05, 4.69) is 25.1 Å². The van der Waals surface area contributed by atoms with Gasteiger partial charge < -0.3 is 20.1 Å². The zero-order valence-corrected chi connectivity index (χ0v) is 16.5. The fraction of sp³-hybridized carbons (Fsp3) is 0.368. The topological polar surface area (TPSA) is 105 Å². The SMILES string of the molecule is O=C(O)N1CCC[C@@H](Nc2nc(-c3cnn4ccccc34)nc(OCC(F)(F)F)c2F)C1. The molecule has 1 aliphatic rings. The second kappa shape index (κ2) is 8.48. The van der Waals surface area contributed by atoms with Crippen LogP contribution in [-0.2, 0) is 0 Å². The number of piperidine rings is 1. The number of nitrogens with one attached hydrogen (secondary N) is 1. The Hall–Kier alpha value is -3.64. The van der Waals surface area contributed by atoms with Crippen LogP contribution in [0.5, 0.6) is 5.88 Å². The molecular weight excluding hydrogens is 436 g/mol. The Labute approximate surface area is 178 Å². The molecule has 4 heterocycles. The van der Waals surface area contributed by atoms with Gasteiger partial charge in [0.15, 0.2) is 18.2 Å². The molecule has 170 valence electrons. The van der Waals surface area contributed by atoms with Gasteiger partial charge >= 0.3 is 12.3 Å². The Morgan fingerprint density at radius 3 is 2.88 bits per heavy atom. The number of amides is 1. The van der Waals surface area contributed by atoms with Crippen LogP contribution in [0.15, 0.2) is 30.6 Å². The van der Waals surface area contributed by atoms with Crippen molar-refractivity contribution in [3.63, 3.8) is 0 Å². The highest BCUT2D eigenvalue weighted by Crippen LogP contribution is 2.30. The van der Waals surface area contributed by atoms with Gasteiger partial charge in [-0.2, -0.15) is 27.6 Å². The number of alkyl halides is 3. The van der Waals surface area contributed by atoms with Crippen molar-refractivity contribution in [2.75, 3.05) is 25.0 Å². The summed E-state index contributed by atoms with van der Waals surface area (Å²) in [5.74, 6) is -2.52. The molecule has 1 amide bonds. The van der Waals surface area contributed by atoms with Gasteiger partial charge in [0.05, 0.1) is 17.3 Å².